The fourth-order valence-electron chi connectivity index (χ4n) is 2.37. The third-order valence-corrected chi connectivity index (χ3v) is 4.00. The molecule has 0 aliphatic rings. The van der Waals surface area contributed by atoms with E-state index >= 15 is 0 Å². The molecule has 0 bridgehead atoms. The maximum Gasteiger partial charge on any atom is 0.120 e. The van der Waals surface area contributed by atoms with Gasteiger partial charge in [-0.3, -0.25) is 0 Å². The number of aromatic nitrogens is 2. The number of halogens is 1. The van der Waals surface area contributed by atoms with Crippen LogP contribution in [0.5, 0.6) is 0 Å². The molecule has 0 amide bonds. The molecule has 1 aromatic heterocycles. The van der Waals surface area contributed by atoms with Gasteiger partial charge in [-0.25, -0.2) is 4.98 Å². The molecule has 0 atom stereocenters. The first kappa shape index (κ1) is 15.0. The molecule has 0 radical (unpaired) electrons. The van der Waals surface area contributed by atoms with E-state index in [9.17, 15) is 0 Å². The Morgan fingerprint density at radius 2 is 1.45 bits per heavy atom. The minimum Gasteiger partial charge on any atom is -0.341 e. The van der Waals surface area contributed by atoms with E-state index in [-0.39, 0.29) is 0 Å². The van der Waals surface area contributed by atoms with Gasteiger partial charge in [-0.05, 0) is 42.9 Å². The maximum absolute atomic E-state index is 4.42. The molecule has 0 saturated heterocycles. The van der Waals surface area contributed by atoms with E-state index < -0.39 is 0 Å². The van der Waals surface area contributed by atoms with Crippen LogP contribution in [-0.2, 0) is 6.54 Å². The highest BCUT2D eigenvalue weighted by Crippen LogP contribution is 2.25. The average Bonchev–Trinajstić information content (AvgIpc) is 2.96. The first-order chi connectivity index (χ1) is 10.6. The van der Waals surface area contributed by atoms with Gasteiger partial charge in [0.1, 0.15) is 5.82 Å². The Labute approximate surface area is 139 Å². The molecule has 3 nitrogen and oxygen atoms in total. The molecule has 0 aliphatic heterocycles. The quantitative estimate of drug-likeness (QED) is 0.743. The van der Waals surface area contributed by atoms with E-state index in [1.165, 1.54) is 11.1 Å². The predicted octanol–water partition coefficient (Wildman–Crippen LogP) is 4.57. The molecule has 4 heteroatoms. The fraction of sp³-hybridized carbons (Fsp3) is 0.167. The zero-order valence-corrected chi connectivity index (χ0v) is 14.3. The van der Waals surface area contributed by atoms with Gasteiger partial charge in [0.05, 0.1) is 18.4 Å². The van der Waals surface area contributed by atoms with E-state index in [2.05, 4.69) is 79.3 Å². The van der Waals surface area contributed by atoms with Crippen LogP contribution in [0.3, 0.4) is 0 Å². The van der Waals surface area contributed by atoms with Crippen LogP contribution in [0.4, 0.5) is 0 Å². The minimum absolute atomic E-state index is 0.816. The van der Waals surface area contributed by atoms with Crippen molar-refractivity contribution in [2.24, 2.45) is 0 Å². The Morgan fingerprint density at radius 3 is 2.05 bits per heavy atom. The molecule has 3 rings (SSSR count). The summed E-state index contributed by atoms with van der Waals surface area (Å²) in [5.41, 5.74) is 4.63. The monoisotopic (exact) mass is 355 g/mol. The molecule has 22 heavy (non-hydrogen) atoms. The van der Waals surface area contributed by atoms with Crippen molar-refractivity contribution in [2.45, 2.75) is 6.54 Å². The normalized spacial score (nSPS) is 11.1. The smallest absolute Gasteiger partial charge is 0.120 e. The summed E-state index contributed by atoms with van der Waals surface area (Å²) < 4.78 is 1.10. The number of rotatable bonds is 4. The number of hydrogen-bond donors (Lipinski definition) is 1. The van der Waals surface area contributed by atoms with Crippen molar-refractivity contribution in [3.05, 3.63) is 65.0 Å². The summed E-state index contributed by atoms with van der Waals surface area (Å²) in [4.78, 5) is 9.89. The lowest BCUT2D eigenvalue weighted by molar-refractivity contribution is 0.392. The summed E-state index contributed by atoms with van der Waals surface area (Å²) in [6.07, 6.45) is 1.90. The number of nitrogens with zero attached hydrogens (tertiary/aromatic N) is 2. The summed E-state index contributed by atoms with van der Waals surface area (Å²) >= 11 is 3.46. The third-order valence-electron chi connectivity index (χ3n) is 3.47. The van der Waals surface area contributed by atoms with E-state index in [0.717, 1.165) is 28.1 Å². The predicted molar refractivity (Wildman–Crippen MR) is 94.6 cm³/mol. The first-order valence-corrected chi connectivity index (χ1v) is 7.96. The van der Waals surface area contributed by atoms with Crippen LogP contribution in [0.1, 0.15) is 5.82 Å². The summed E-state index contributed by atoms with van der Waals surface area (Å²) in [5.74, 6) is 0.983. The zero-order chi connectivity index (χ0) is 15.5. The van der Waals surface area contributed by atoms with Gasteiger partial charge in [0.2, 0.25) is 0 Å². The van der Waals surface area contributed by atoms with Crippen LogP contribution in [0.25, 0.3) is 22.4 Å². The lowest BCUT2D eigenvalue weighted by Gasteiger charge is -2.06. The van der Waals surface area contributed by atoms with Crippen molar-refractivity contribution in [1.82, 2.24) is 14.9 Å². The van der Waals surface area contributed by atoms with Gasteiger partial charge < -0.3 is 9.88 Å². The Balaban J connectivity index is 1.82. The molecule has 0 aliphatic carbocycles. The molecule has 3 aromatic rings. The van der Waals surface area contributed by atoms with Crippen LogP contribution in [0.15, 0.2) is 59.2 Å². The molecule has 0 unspecified atom stereocenters. The number of hydrogen-bond acceptors (Lipinski definition) is 2. The van der Waals surface area contributed by atoms with Crippen molar-refractivity contribution < 1.29 is 0 Å². The molecule has 2 aromatic carbocycles. The second-order valence-corrected chi connectivity index (χ2v) is 6.48. The van der Waals surface area contributed by atoms with E-state index in [0.29, 0.717) is 0 Å². The Kier molecular flexibility index (Phi) is 4.41. The minimum atomic E-state index is 0.816. The molecule has 112 valence electrons. The molecule has 0 spiro atoms. The number of benzene rings is 2. The molecule has 1 heterocycles. The summed E-state index contributed by atoms with van der Waals surface area (Å²) in [5, 5.41) is 0. The van der Waals surface area contributed by atoms with Crippen molar-refractivity contribution >= 4 is 15.9 Å². The van der Waals surface area contributed by atoms with Crippen LogP contribution >= 0.6 is 15.9 Å². The zero-order valence-electron chi connectivity index (χ0n) is 12.7. The topological polar surface area (TPSA) is 31.9 Å². The third kappa shape index (κ3) is 3.46. The number of H-pyrrole nitrogens is 1. The fourth-order valence-corrected chi connectivity index (χ4v) is 2.64. The van der Waals surface area contributed by atoms with Crippen LogP contribution in [-0.4, -0.2) is 29.0 Å². The van der Waals surface area contributed by atoms with Gasteiger partial charge in [-0.15, -0.1) is 0 Å². The second kappa shape index (κ2) is 6.46. The lowest BCUT2D eigenvalue weighted by Crippen LogP contribution is -2.11. The van der Waals surface area contributed by atoms with Gasteiger partial charge in [-0.2, -0.15) is 0 Å². The van der Waals surface area contributed by atoms with Crippen molar-refractivity contribution in [3.63, 3.8) is 0 Å². The van der Waals surface area contributed by atoms with Crippen molar-refractivity contribution in [2.75, 3.05) is 14.1 Å². The van der Waals surface area contributed by atoms with Gasteiger partial charge >= 0.3 is 0 Å². The molecule has 1 N–H and O–H groups in total. The molecular weight excluding hydrogens is 338 g/mol. The molecule has 0 saturated carbocycles. The summed E-state index contributed by atoms with van der Waals surface area (Å²) in [6.45, 7) is 0.816. The van der Waals surface area contributed by atoms with Gasteiger partial charge in [0.15, 0.2) is 0 Å². The number of aromatic amines is 1. The standard InChI is InChI=1S/C18H18BrN3/c1-22(2)12-18-20-11-17(21-18)15-5-3-13(4-6-15)14-7-9-16(19)10-8-14/h3-11H,12H2,1-2H3,(H,20,21). The molecular formula is C18H18BrN3. The number of nitrogens with one attached hydrogen (secondary N) is 1. The lowest BCUT2D eigenvalue weighted by atomic mass is 10.0. The SMILES string of the molecule is CN(C)Cc1ncc(-c2ccc(-c3ccc(Br)cc3)cc2)[nH]1. The van der Waals surface area contributed by atoms with Gasteiger partial charge in [0.25, 0.3) is 0 Å². The van der Waals surface area contributed by atoms with E-state index in [1.54, 1.807) is 0 Å². The van der Waals surface area contributed by atoms with Crippen molar-refractivity contribution in [3.8, 4) is 22.4 Å². The second-order valence-electron chi connectivity index (χ2n) is 5.57. The molecule has 0 fully saturated rings. The Hall–Kier alpha value is -1.91. The van der Waals surface area contributed by atoms with E-state index in [1.807, 2.05) is 20.3 Å². The van der Waals surface area contributed by atoms with E-state index in [4.69, 9.17) is 0 Å². The highest BCUT2D eigenvalue weighted by atomic mass is 79.9. The van der Waals surface area contributed by atoms with Crippen molar-refractivity contribution in [1.29, 1.82) is 0 Å². The van der Waals surface area contributed by atoms with Crippen LogP contribution in [0.2, 0.25) is 0 Å². The van der Waals surface area contributed by atoms with Crippen LogP contribution in [0, 0.1) is 0 Å². The maximum atomic E-state index is 4.42. The summed E-state index contributed by atoms with van der Waals surface area (Å²) in [6, 6.07) is 16.9. The average molecular weight is 356 g/mol. The summed E-state index contributed by atoms with van der Waals surface area (Å²) in [7, 11) is 4.07. The van der Waals surface area contributed by atoms with Gasteiger partial charge in [-0.1, -0.05) is 52.3 Å². The Morgan fingerprint density at radius 1 is 0.909 bits per heavy atom. The van der Waals surface area contributed by atoms with Gasteiger partial charge in [0, 0.05) is 4.47 Å². The highest BCUT2D eigenvalue weighted by molar-refractivity contribution is 9.10. The first-order valence-electron chi connectivity index (χ1n) is 7.17. The number of imidazole rings is 1. The largest absolute Gasteiger partial charge is 0.341 e. The van der Waals surface area contributed by atoms with Crippen LogP contribution < -0.4 is 0 Å². The Bertz CT molecular complexity index is 743. The highest BCUT2D eigenvalue weighted by Gasteiger charge is 2.05.